The zero-order valence-electron chi connectivity index (χ0n) is 20.1. The van der Waals surface area contributed by atoms with E-state index in [4.69, 9.17) is 17.2 Å². The molecule has 1 N–H and O–H groups in total. The smallest absolute Gasteiger partial charge is 0.267 e. The Morgan fingerprint density at radius 1 is 1.18 bits per heavy atom. The molecule has 6 nitrogen and oxygen atoms in total. The lowest BCUT2D eigenvalue weighted by Crippen LogP contribution is -2.29. The van der Waals surface area contributed by atoms with Gasteiger partial charge in [-0.3, -0.25) is 18.9 Å². The third kappa shape index (κ3) is 5.54. The van der Waals surface area contributed by atoms with Crippen molar-refractivity contribution in [1.29, 1.82) is 0 Å². The van der Waals surface area contributed by atoms with E-state index in [0.29, 0.717) is 32.8 Å². The van der Waals surface area contributed by atoms with Crippen LogP contribution in [-0.4, -0.2) is 37.1 Å². The summed E-state index contributed by atoms with van der Waals surface area (Å²) in [4.78, 5) is 33.7. The molecule has 2 fully saturated rings. The molecular formula is C26H34N4O2S2. The second-order valence-electron chi connectivity index (χ2n) is 9.29. The van der Waals surface area contributed by atoms with Gasteiger partial charge in [0, 0.05) is 18.8 Å². The first kappa shape index (κ1) is 24.9. The van der Waals surface area contributed by atoms with E-state index in [0.717, 1.165) is 31.2 Å². The lowest BCUT2D eigenvalue weighted by Gasteiger charge is -2.24. The minimum Gasteiger partial charge on any atom is -0.367 e. The molecule has 0 bridgehead atoms. The highest BCUT2D eigenvalue weighted by Gasteiger charge is 2.32. The number of fused-ring (bicyclic) bond motifs is 1. The van der Waals surface area contributed by atoms with E-state index in [1.165, 1.54) is 50.3 Å². The van der Waals surface area contributed by atoms with E-state index in [2.05, 4.69) is 12.2 Å². The lowest BCUT2D eigenvalue weighted by molar-refractivity contribution is -0.122. The number of anilines is 1. The number of nitrogens with zero attached hydrogens (tertiary/aromatic N) is 3. The maximum absolute atomic E-state index is 13.5. The summed E-state index contributed by atoms with van der Waals surface area (Å²) in [6, 6.07) is 4.09. The second-order valence-corrected chi connectivity index (χ2v) is 11.0. The van der Waals surface area contributed by atoms with Crippen LogP contribution in [0.1, 0.15) is 82.3 Å². The molecule has 1 amide bonds. The molecule has 0 atom stereocenters. The van der Waals surface area contributed by atoms with Crippen molar-refractivity contribution in [2.24, 2.45) is 0 Å². The molecule has 2 aromatic rings. The van der Waals surface area contributed by atoms with Gasteiger partial charge in [-0.2, -0.15) is 0 Å². The number of thioether (sulfide) groups is 1. The van der Waals surface area contributed by atoms with Crippen LogP contribution in [0.5, 0.6) is 0 Å². The number of hydrogen-bond donors (Lipinski definition) is 1. The summed E-state index contributed by atoms with van der Waals surface area (Å²) in [5.74, 6) is 0.457. The predicted molar refractivity (Wildman–Crippen MR) is 145 cm³/mol. The standard InChI is InChI=1S/C26H34N4O2S2/c1-3-4-5-6-10-15-30-25(32)21(34-26(30)33)17-20-22(27-19-13-8-7-9-14-19)28-23-18(2)12-11-16-29(23)24(20)31/h11-12,16-17,19,27H,3-10,13-15H2,1-2H3/b21-17+. The van der Waals surface area contributed by atoms with Gasteiger partial charge in [-0.1, -0.05) is 81.9 Å². The first-order valence-electron chi connectivity index (χ1n) is 12.5. The Bertz CT molecular complexity index is 1150. The molecular weight excluding hydrogens is 464 g/mol. The fraction of sp³-hybridized carbons (Fsp3) is 0.538. The van der Waals surface area contributed by atoms with Crippen molar-refractivity contribution < 1.29 is 4.79 Å². The third-order valence-electron chi connectivity index (χ3n) is 6.66. The summed E-state index contributed by atoms with van der Waals surface area (Å²) < 4.78 is 2.14. The normalized spacial score (nSPS) is 18.4. The molecule has 2 aromatic heterocycles. The Labute approximate surface area is 211 Å². The van der Waals surface area contributed by atoms with Crippen molar-refractivity contribution in [3.05, 3.63) is 44.7 Å². The molecule has 1 aliphatic heterocycles. The number of nitrogens with one attached hydrogen (secondary N) is 1. The van der Waals surface area contributed by atoms with E-state index >= 15 is 0 Å². The highest BCUT2D eigenvalue weighted by molar-refractivity contribution is 8.26. The van der Waals surface area contributed by atoms with Gasteiger partial charge in [-0.25, -0.2) is 4.98 Å². The highest BCUT2D eigenvalue weighted by Crippen LogP contribution is 2.34. The van der Waals surface area contributed by atoms with Crippen LogP contribution in [0.25, 0.3) is 11.7 Å². The first-order valence-corrected chi connectivity index (χ1v) is 13.8. The highest BCUT2D eigenvalue weighted by atomic mass is 32.2. The Morgan fingerprint density at radius 2 is 1.94 bits per heavy atom. The van der Waals surface area contributed by atoms with Gasteiger partial charge in [0.15, 0.2) is 0 Å². The number of unbranched alkanes of at least 4 members (excludes halogenated alkanes) is 4. The van der Waals surface area contributed by atoms with Gasteiger partial charge in [-0.15, -0.1) is 0 Å². The molecule has 1 saturated carbocycles. The molecule has 3 heterocycles. The maximum atomic E-state index is 13.5. The monoisotopic (exact) mass is 498 g/mol. The van der Waals surface area contributed by atoms with Crippen LogP contribution in [0.4, 0.5) is 5.82 Å². The molecule has 0 aromatic carbocycles. The minimum absolute atomic E-state index is 0.108. The van der Waals surface area contributed by atoms with Gasteiger partial charge in [0.25, 0.3) is 11.5 Å². The number of carbonyl (C=O) groups excluding carboxylic acids is 1. The molecule has 0 radical (unpaired) electrons. The summed E-state index contributed by atoms with van der Waals surface area (Å²) in [5.41, 5.74) is 1.84. The molecule has 4 rings (SSSR count). The summed E-state index contributed by atoms with van der Waals surface area (Å²) in [7, 11) is 0. The number of aromatic nitrogens is 2. The number of carbonyl (C=O) groups is 1. The van der Waals surface area contributed by atoms with Gasteiger partial charge < -0.3 is 5.32 Å². The minimum atomic E-state index is -0.170. The zero-order chi connectivity index (χ0) is 24.1. The van der Waals surface area contributed by atoms with Gasteiger partial charge in [0.1, 0.15) is 15.8 Å². The van der Waals surface area contributed by atoms with Crippen molar-refractivity contribution in [3.63, 3.8) is 0 Å². The van der Waals surface area contributed by atoms with E-state index < -0.39 is 0 Å². The average Bonchev–Trinajstić information content (AvgIpc) is 3.10. The Kier molecular flexibility index (Phi) is 8.42. The van der Waals surface area contributed by atoms with E-state index in [1.807, 2.05) is 19.1 Å². The van der Waals surface area contributed by atoms with Crippen LogP contribution in [0.3, 0.4) is 0 Å². The number of rotatable bonds is 9. The molecule has 1 saturated heterocycles. The van der Waals surface area contributed by atoms with Crippen molar-refractivity contribution >= 4 is 51.7 Å². The predicted octanol–water partition coefficient (Wildman–Crippen LogP) is 5.92. The number of amides is 1. The van der Waals surface area contributed by atoms with E-state index in [1.54, 1.807) is 21.6 Å². The van der Waals surface area contributed by atoms with Crippen LogP contribution >= 0.6 is 24.0 Å². The van der Waals surface area contributed by atoms with Crippen molar-refractivity contribution in [2.45, 2.75) is 84.1 Å². The number of hydrogen-bond acceptors (Lipinski definition) is 6. The molecule has 0 unspecified atom stereocenters. The van der Waals surface area contributed by atoms with Crippen LogP contribution in [-0.2, 0) is 4.79 Å². The fourth-order valence-electron chi connectivity index (χ4n) is 4.69. The van der Waals surface area contributed by atoms with Crippen LogP contribution in [0, 0.1) is 6.92 Å². The van der Waals surface area contributed by atoms with E-state index in [9.17, 15) is 9.59 Å². The van der Waals surface area contributed by atoms with Crippen LogP contribution in [0.15, 0.2) is 28.0 Å². The summed E-state index contributed by atoms with van der Waals surface area (Å²) in [6.45, 7) is 4.78. The second kappa shape index (κ2) is 11.5. The Hall–Kier alpha value is -2.19. The first-order chi connectivity index (χ1) is 16.5. The molecule has 8 heteroatoms. The number of thiocarbonyl (C=S) groups is 1. The zero-order valence-corrected chi connectivity index (χ0v) is 21.8. The quantitative estimate of drug-likeness (QED) is 0.263. The molecule has 2 aliphatic rings. The van der Waals surface area contributed by atoms with Crippen molar-refractivity contribution in [1.82, 2.24) is 14.3 Å². The van der Waals surface area contributed by atoms with Gasteiger partial charge in [-0.05, 0) is 43.9 Å². The Balaban J connectivity index is 1.65. The largest absolute Gasteiger partial charge is 0.367 e. The van der Waals surface area contributed by atoms with Crippen molar-refractivity contribution in [3.8, 4) is 0 Å². The van der Waals surface area contributed by atoms with Crippen LogP contribution in [0.2, 0.25) is 0 Å². The SMILES string of the molecule is CCCCCCCN1C(=O)/C(=C\c2c(NC3CCCCC3)nc3c(C)cccn3c2=O)SC1=S. The fourth-order valence-corrected chi connectivity index (χ4v) is 5.98. The molecule has 182 valence electrons. The Morgan fingerprint density at radius 3 is 2.71 bits per heavy atom. The third-order valence-corrected chi connectivity index (χ3v) is 8.04. The number of pyridine rings is 1. The summed E-state index contributed by atoms with van der Waals surface area (Å²) in [6.07, 6.45) is 14.8. The number of aryl methyl sites for hydroxylation is 1. The molecule has 0 spiro atoms. The lowest BCUT2D eigenvalue weighted by atomic mass is 9.95. The molecule has 1 aliphatic carbocycles. The van der Waals surface area contributed by atoms with Crippen molar-refractivity contribution in [2.75, 3.05) is 11.9 Å². The molecule has 34 heavy (non-hydrogen) atoms. The van der Waals surface area contributed by atoms with Crippen LogP contribution < -0.4 is 10.9 Å². The van der Waals surface area contributed by atoms with Gasteiger partial charge in [0.2, 0.25) is 0 Å². The maximum Gasteiger partial charge on any atom is 0.267 e. The van der Waals surface area contributed by atoms with Gasteiger partial charge >= 0.3 is 0 Å². The average molecular weight is 499 g/mol. The van der Waals surface area contributed by atoms with Gasteiger partial charge in [0.05, 0.1) is 10.5 Å². The summed E-state index contributed by atoms with van der Waals surface area (Å²) in [5, 5.41) is 3.54. The van der Waals surface area contributed by atoms with E-state index in [-0.39, 0.29) is 17.5 Å². The summed E-state index contributed by atoms with van der Waals surface area (Å²) >= 11 is 6.80. The topological polar surface area (TPSA) is 66.7 Å².